The van der Waals surface area contributed by atoms with E-state index >= 15 is 0 Å². The Balaban J connectivity index is 2.96. The molecule has 0 spiro atoms. The van der Waals surface area contributed by atoms with Crippen molar-refractivity contribution in [1.82, 2.24) is 4.47 Å². The molecule has 0 aliphatic carbocycles. The fourth-order valence-corrected chi connectivity index (χ4v) is 2.22. The zero-order valence-corrected chi connectivity index (χ0v) is 10.3. The number of carbonyl (C=O) groups is 1. The van der Waals surface area contributed by atoms with E-state index in [1.54, 1.807) is 6.07 Å². The first kappa shape index (κ1) is 13.6. The summed E-state index contributed by atoms with van der Waals surface area (Å²) in [6.07, 6.45) is 0. The van der Waals surface area contributed by atoms with E-state index in [0.29, 0.717) is 5.56 Å². The third-order valence-electron chi connectivity index (χ3n) is 2.17. The second-order valence-corrected chi connectivity index (χ2v) is 5.32. The van der Waals surface area contributed by atoms with Crippen LogP contribution in [0.5, 0.6) is 0 Å². The first-order chi connectivity index (χ1) is 7.86. The molecule has 7 heteroatoms. The molecule has 0 atom stereocenters. The summed E-state index contributed by atoms with van der Waals surface area (Å²) in [6, 6.07) is 5.77. The zero-order valence-electron chi connectivity index (χ0n) is 9.45. The molecule has 0 aromatic heterocycles. The maximum absolute atomic E-state index is 11.7. The second kappa shape index (κ2) is 5.26. The Kier molecular flexibility index (Phi) is 4.22. The van der Waals surface area contributed by atoms with Crippen molar-refractivity contribution in [3.63, 3.8) is 0 Å². The van der Waals surface area contributed by atoms with Crippen LogP contribution in [0.15, 0.2) is 24.3 Å². The summed E-state index contributed by atoms with van der Waals surface area (Å²) in [5, 5.41) is 8.78. The summed E-state index contributed by atoms with van der Waals surface area (Å²) < 4.78 is 24.1. The Morgan fingerprint density at radius 1 is 1.47 bits per heavy atom. The van der Waals surface area contributed by atoms with Gasteiger partial charge >= 0.3 is 5.97 Å². The van der Waals surface area contributed by atoms with E-state index in [4.69, 9.17) is 5.11 Å². The number of hydrogen-bond acceptors (Lipinski definition) is 4. The van der Waals surface area contributed by atoms with Crippen molar-refractivity contribution in [3.05, 3.63) is 35.4 Å². The molecule has 0 saturated carbocycles. The molecule has 17 heavy (non-hydrogen) atoms. The summed E-state index contributed by atoms with van der Waals surface area (Å²) in [5.41, 5.74) is 0.451. The minimum Gasteiger partial charge on any atom is -0.478 e. The first-order valence-corrected chi connectivity index (χ1v) is 6.30. The lowest BCUT2D eigenvalue weighted by Crippen LogP contribution is -2.27. The van der Waals surface area contributed by atoms with Crippen LogP contribution in [0, 0.1) is 0 Å². The second-order valence-electron chi connectivity index (χ2n) is 3.35. The third-order valence-corrected chi connectivity index (χ3v) is 3.80. The van der Waals surface area contributed by atoms with Crippen molar-refractivity contribution in [1.29, 1.82) is 0 Å². The number of benzene rings is 1. The molecule has 0 bridgehead atoms. The molecule has 94 valence electrons. The molecule has 0 aliphatic heterocycles. The molecule has 0 radical (unpaired) electrons. The summed E-state index contributed by atoms with van der Waals surface area (Å²) in [7, 11) is -1.07. The SMILES string of the molecule is CON(C)S(=O)(=O)Cc1cccc(C(=O)O)c1. The van der Waals surface area contributed by atoms with Gasteiger partial charge in [-0.3, -0.25) is 4.84 Å². The lowest BCUT2D eigenvalue weighted by atomic mass is 10.1. The highest BCUT2D eigenvalue weighted by molar-refractivity contribution is 7.88. The summed E-state index contributed by atoms with van der Waals surface area (Å²) in [5.74, 6) is -1.40. The van der Waals surface area contributed by atoms with Gasteiger partial charge in [0.25, 0.3) is 0 Å². The number of nitrogens with zero attached hydrogens (tertiary/aromatic N) is 1. The Bertz CT molecular complexity index is 511. The standard InChI is InChI=1S/C10H13NO5S/c1-11(16-2)17(14,15)7-8-4-3-5-9(6-8)10(12)13/h3-6H,7H2,1-2H3,(H,12,13). The van der Waals surface area contributed by atoms with Gasteiger partial charge in [-0.25, -0.2) is 13.2 Å². The number of carboxylic acids is 1. The van der Waals surface area contributed by atoms with Crippen molar-refractivity contribution in [2.45, 2.75) is 5.75 Å². The lowest BCUT2D eigenvalue weighted by Gasteiger charge is -2.14. The fraction of sp³-hybridized carbons (Fsp3) is 0.300. The molecule has 0 fully saturated rings. The maximum atomic E-state index is 11.7. The molecular weight excluding hydrogens is 246 g/mol. The van der Waals surface area contributed by atoms with Gasteiger partial charge in [-0.15, -0.1) is 0 Å². The monoisotopic (exact) mass is 259 g/mol. The predicted molar refractivity (Wildman–Crippen MR) is 60.8 cm³/mol. The van der Waals surface area contributed by atoms with E-state index in [1.165, 1.54) is 32.4 Å². The molecule has 1 N–H and O–H groups in total. The summed E-state index contributed by atoms with van der Waals surface area (Å²) >= 11 is 0. The first-order valence-electron chi connectivity index (χ1n) is 4.70. The van der Waals surface area contributed by atoms with Gasteiger partial charge in [-0.2, -0.15) is 0 Å². The topological polar surface area (TPSA) is 83.9 Å². The molecule has 1 rings (SSSR count). The van der Waals surface area contributed by atoms with E-state index < -0.39 is 16.0 Å². The summed E-state index contributed by atoms with van der Waals surface area (Å²) in [4.78, 5) is 15.3. The van der Waals surface area contributed by atoms with Gasteiger partial charge in [0.1, 0.15) is 0 Å². The van der Waals surface area contributed by atoms with Crippen LogP contribution in [-0.2, 0) is 20.6 Å². The predicted octanol–water partition coefficient (Wildman–Crippen LogP) is 0.708. The van der Waals surface area contributed by atoms with Crippen LogP contribution in [-0.4, -0.2) is 38.1 Å². The van der Waals surface area contributed by atoms with E-state index in [9.17, 15) is 13.2 Å². The van der Waals surface area contributed by atoms with E-state index in [2.05, 4.69) is 4.84 Å². The van der Waals surface area contributed by atoms with Crippen LogP contribution in [0.3, 0.4) is 0 Å². The van der Waals surface area contributed by atoms with Gasteiger partial charge in [0.05, 0.1) is 18.4 Å². The van der Waals surface area contributed by atoms with Gasteiger partial charge < -0.3 is 5.11 Å². The largest absolute Gasteiger partial charge is 0.478 e. The molecule has 0 heterocycles. The normalized spacial score (nSPS) is 11.7. The average molecular weight is 259 g/mol. The Morgan fingerprint density at radius 2 is 2.12 bits per heavy atom. The highest BCUT2D eigenvalue weighted by Crippen LogP contribution is 2.11. The van der Waals surface area contributed by atoms with Gasteiger partial charge in [0.15, 0.2) is 0 Å². The van der Waals surface area contributed by atoms with Crippen LogP contribution in [0.2, 0.25) is 0 Å². The van der Waals surface area contributed by atoms with Gasteiger partial charge in [0, 0.05) is 7.05 Å². The number of hydroxylamine groups is 1. The maximum Gasteiger partial charge on any atom is 0.335 e. The van der Waals surface area contributed by atoms with Crippen LogP contribution in [0.25, 0.3) is 0 Å². The molecule has 0 saturated heterocycles. The zero-order chi connectivity index (χ0) is 13.1. The highest BCUT2D eigenvalue weighted by Gasteiger charge is 2.18. The molecule has 1 aromatic carbocycles. The van der Waals surface area contributed by atoms with Gasteiger partial charge in [0.2, 0.25) is 10.0 Å². The van der Waals surface area contributed by atoms with Gasteiger partial charge in [-0.05, 0) is 17.7 Å². The quantitative estimate of drug-likeness (QED) is 0.787. The molecule has 1 aromatic rings. The van der Waals surface area contributed by atoms with Crippen molar-refractivity contribution >= 4 is 16.0 Å². The fourth-order valence-electron chi connectivity index (χ4n) is 1.21. The van der Waals surface area contributed by atoms with E-state index in [1.807, 2.05) is 0 Å². The number of sulfonamides is 1. The van der Waals surface area contributed by atoms with Crippen LogP contribution in [0.4, 0.5) is 0 Å². The Hall–Kier alpha value is -1.44. The molecule has 6 nitrogen and oxygen atoms in total. The summed E-state index contributed by atoms with van der Waals surface area (Å²) in [6.45, 7) is 0. The average Bonchev–Trinajstić information content (AvgIpc) is 2.27. The molecular formula is C10H13NO5S. The van der Waals surface area contributed by atoms with Crippen LogP contribution in [0.1, 0.15) is 15.9 Å². The number of aromatic carboxylic acids is 1. The van der Waals surface area contributed by atoms with Crippen molar-refractivity contribution < 1.29 is 23.2 Å². The highest BCUT2D eigenvalue weighted by atomic mass is 32.2. The third kappa shape index (κ3) is 3.52. The Labute approximate surface area is 99.4 Å². The van der Waals surface area contributed by atoms with Crippen molar-refractivity contribution in [2.24, 2.45) is 0 Å². The minimum atomic E-state index is -3.59. The van der Waals surface area contributed by atoms with Crippen LogP contribution < -0.4 is 0 Å². The minimum absolute atomic E-state index is 0.0535. The lowest BCUT2D eigenvalue weighted by molar-refractivity contribution is -0.0260. The van der Waals surface area contributed by atoms with Crippen molar-refractivity contribution in [3.8, 4) is 0 Å². The van der Waals surface area contributed by atoms with E-state index in [0.717, 1.165) is 4.47 Å². The van der Waals surface area contributed by atoms with Gasteiger partial charge in [-0.1, -0.05) is 16.6 Å². The molecule has 0 unspecified atom stereocenters. The van der Waals surface area contributed by atoms with Crippen LogP contribution >= 0.6 is 0 Å². The number of hydrogen-bond donors (Lipinski definition) is 1. The van der Waals surface area contributed by atoms with Crippen molar-refractivity contribution in [2.75, 3.05) is 14.2 Å². The smallest absolute Gasteiger partial charge is 0.335 e. The molecule has 0 aliphatic rings. The number of rotatable bonds is 5. The molecule has 0 amide bonds. The Morgan fingerprint density at radius 3 is 2.65 bits per heavy atom. The number of carboxylic acid groups (broad SMARTS) is 1. The van der Waals surface area contributed by atoms with E-state index in [-0.39, 0.29) is 11.3 Å².